The maximum absolute atomic E-state index is 5.89. The van der Waals surface area contributed by atoms with Crippen LogP contribution in [0.4, 0.5) is 0 Å². The maximum Gasteiger partial charge on any atom is 0.0513 e. The summed E-state index contributed by atoms with van der Waals surface area (Å²) in [5.74, 6) is 5.89. The van der Waals surface area contributed by atoms with Crippen LogP contribution in [0.1, 0.15) is 69.5 Å². The van der Waals surface area contributed by atoms with Gasteiger partial charge in [0.05, 0.1) is 6.04 Å². The molecule has 2 nitrogen and oxygen atoms in total. The van der Waals surface area contributed by atoms with E-state index in [-0.39, 0.29) is 6.04 Å². The van der Waals surface area contributed by atoms with Gasteiger partial charge >= 0.3 is 0 Å². The second-order valence-electron chi connectivity index (χ2n) is 6.31. The van der Waals surface area contributed by atoms with Gasteiger partial charge in [-0.2, -0.15) is 0 Å². The molecule has 1 unspecified atom stereocenters. The van der Waals surface area contributed by atoms with Crippen molar-refractivity contribution >= 4 is 0 Å². The summed E-state index contributed by atoms with van der Waals surface area (Å²) in [6.45, 7) is 4.62. The third-order valence-electron chi connectivity index (χ3n) is 4.68. The molecule has 0 radical (unpaired) electrons. The smallest absolute Gasteiger partial charge is 0.0513 e. The molecule has 1 aliphatic carbocycles. The Kier molecular flexibility index (Phi) is 5.00. The Morgan fingerprint density at radius 3 is 2.63 bits per heavy atom. The zero-order valence-corrected chi connectivity index (χ0v) is 12.4. The molecule has 0 aromatic heterocycles. The minimum atomic E-state index is 0.282. The van der Waals surface area contributed by atoms with Crippen LogP contribution in [0.15, 0.2) is 24.3 Å². The van der Waals surface area contributed by atoms with Crippen molar-refractivity contribution in [2.75, 3.05) is 0 Å². The predicted octanol–water partition coefficient (Wildman–Crippen LogP) is 4.11. The van der Waals surface area contributed by atoms with Crippen LogP contribution in [0, 0.1) is 5.41 Å². The van der Waals surface area contributed by atoms with Gasteiger partial charge in [0.2, 0.25) is 0 Å². The minimum absolute atomic E-state index is 0.282. The zero-order valence-electron chi connectivity index (χ0n) is 12.4. The third-order valence-corrected chi connectivity index (χ3v) is 4.68. The number of hydrogen-bond acceptors (Lipinski definition) is 2. The van der Waals surface area contributed by atoms with E-state index in [1.807, 2.05) is 0 Å². The van der Waals surface area contributed by atoms with Gasteiger partial charge in [-0.05, 0) is 35.8 Å². The first-order chi connectivity index (χ1) is 9.19. The quantitative estimate of drug-likeness (QED) is 0.617. The molecule has 1 aliphatic rings. The van der Waals surface area contributed by atoms with E-state index in [1.165, 1.54) is 49.7 Å². The Bertz CT molecular complexity index is 394. The summed E-state index contributed by atoms with van der Waals surface area (Å²) in [6, 6.07) is 9.25. The summed E-state index contributed by atoms with van der Waals surface area (Å²) in [5.41, 5.74) is 6.19. The third kappa shape index (κ3) is 3.37. The Hall–Kier alpha value is -0.860. The zero-order chi connectivity index (χ0) is 13.7. The Morgan fingerprint density at radius 2 is 2.00 bits per heavy atom. The van der Waals surface area contributed by atoms with E-state index in [1.54, 1.807) is 0 Å². The lowest BCUT2D eigenvalue weighted by Crippen LogP contribution is -2.41. The number of aryl methyl sites for hydroxylation is 1. The largest absolute Gasteiger partial charge is 0.271 e. The second kappa shape index (κ2) is 6.53. The van der Waals surface area contributed by atoms with Gasteiger partial charge in [-0.1, -0.05) is 63.8 Å². The van der Waals surface area contributed by atoms with Crippen LogP contribution in [-0.4, -0.2) is 0 Å². The van der Waals surface area contributed by atoms with Crippen molar-refractivity contribution in [2.45, 2.75) is 64.8 Å². The summed E-state index contributed by atoms with van der Waals surface area (Å²) in [6.07, 6.45) is 8.96. The normalized spacial score (nSPS) is 20.2. The van der Waals surface area contributed by atoms with Crippen molar-refractivity contribution in [1.29, 1.82) is 0 Å². The molecule has 1 fully saturated rings. The standard InChI is InChI=1S/C17H28N2/c1-3-8-14-9-7-10-15(13-14)16(19-18)17(2)11-5-4-6-12-17/h7,9-10,13,16,19H,3-6,8,11-12,18H2,1-2H3. The monoisotopic (exact) mass is 260 g/mol. The van der Waals surface area contributed by atoms with Crippen LogP contribution in [0.25, 0.3) is 0 Å². The van der Waals surface area contributed by atoms with Crippen molar-refractivity contribution in [3.63, 3.8) is 0 Å². The average molecular weight is 260 g/mol. The van der Waals surface area contributed by atoms with Crippen LogP contribution < -0.4 is 11.3 Å². The van der Waals surface area contributed by atoms with Crippen molar-refractivity contribution < 1.29 is 0 Å². The molecule has 1 aromatic rings. The molecule has 2 rings (SSSR count). The SMILES string of the molecule is CCCc1cccc(C(NN)C2(C)CCCCC2)c1. The number of nitrogens with one attached hydrogen (secondary N) is 1. The van der Waals surface area contributed by atoms with Gasteiger partial charge in [0.15, 0.2) is 0 Å². The van der Waals surface area contributed by atoms with Crippen molar-refractivity contribution in [2.24, 2.45) is 11.3 Å². The maximum atomic E-state index is 5.89. The van der Waals surface area contributed by atoms with Gasteiger partial charge < -0.3 is 0 Å². The minimum Gasteiger partial charge on any atom is -0.271 e. The summed E-state index contributed by atoms with van der Waals surface area (Å²) >= 11 is 0. The van der Waals surface area contributed by atoms with Gasteiger partial charge in [-0.25, -0.2) is 0 Å². The van der Waals surface area contributed by atoms with Gasteiger partial charge in [-0.15, -0.1) is 0 Å². The molecule has 0 amide bonds. The average Bonchev–Trinajstić information content (AvgIpc) is 2.41. The lowest BCUT2D eigenvalue weighted by Gasteiger charge is -2.40. The Morgan fingerprint density at radius 1 is 1.26 bits per heavy atom. The summed E-state index contributed by atoms with van der Waals surface area (Å²) in [4.78, 5) is 0. The molecule has 0 bridgehead atoms. The van der Waals surface area contributed by atoms with Crippen molar-refractivity contribution in [1.82, 2.24) is 5.43 Å². The van der Waals surface area contributed by atoms with E-state index in [4.69, 9.17) is 5.84 Å². The number of nitrogens with two attached hydrogens (primary N) is 1. The molecule has 0 spiro atoms. The fraction of sp³-hybridized carbons (Fsp3) is 0.647. The Labute approximate surface area is 117 Å². The van der Waals surface area contributed by atoms with Gasteiger partial charge in [0, 0.05) is 0 Å². The molecule has 3 N–H and O–H groups in total. The molecule has 0 aliphatic heterocycles. The molecule has 106 valence electrons. The highest BCUT2D eigenvalue weighted by atomic mass is 15.2. The lowest BCUT2D eigenvalue weighted by atomic mass is 9.68. The van der Waals surface area contributed by atoms with E-state index in [0.717, 1.165) is 6.42 Å². The fourth-order valence-corrected chi connectivity index (χ4v) is 3.56. The van der Waals surface area contributed by atoms with Crippen LogP contribution in [-0.2, 0) is 6.42 Å². The number of hydrogen-bond donors (Lipinski definition) is 2. The molecule has 1 atom stereocenters. The number of rotatable bonds is 5. The molecular formula is C17H28N2. The summed E-state index contributed by atoms with van der Waals surface area (Å²) in [7, 11) is 0. The van der Waals surface area contributed by atoms with Crippen molar-refractivity contribution in [3.8, 4) is 0 Å². The molecule has 1 saturated carbocycles. The summed E-state index contributed by atoms with van der Waals surface area (Å²) < 4.78 is 0. The molecule has 19 heavy (non-hydrogen) atoms. The first-order valence-corrected chi connectivity index (χ1v) is 7.74. The van der Waals surface area contributed by atoms with Crippen LogP contribution in [0.2, 0.25) is 0 Å². The predicted molar refractivity (Wildman–Crippen MR) is 81.7 cm³/mol. The molecular weight excluding hydrogens is 232 g/mol. The van der Waals surface area contributed by atoms with Crippen LogP contribution in [0.5, 0.6) is 0 Å². The van der Waals surface area contributed by atoms with Gasteiger partial charge in [0.1, 0.15) is 0 Å². The van der Waals surface area contributed by atoms with E-state index in [9.17, 15) is 0 Å². The van der Waals surface area contributed by atoms with Gasteiger partial charge in [0.25, 0.3) is 0 Å². The first kappa shape index (κ1) is 14.5. The van der Waals surface area contributed by atoms with Crippen molar-refractivity contribution in [3.05, 3.63) is 35.4 Å². The van der Waals surface area contributed by atoms with Crippen LogP contribution >= 0.6 is 0 Å². The fourth-order valence-electron chi connectivity index (χ4n) is 3.56. The first-order valence-electron chi connectivity index (χ1n) is 7.74. The topological polar surface area (TPSA) is 38.0 Å². The molecule has 0 heterocycles. The lowest BCUT2D eigenvalue weighted by molar-refractivity contribution is 0.145. The molecule has 1 aromatic carbocycles. The van der Waals surface area contributed by atoms with E-state index < -0.39 is 0 Å². The van der Waals surface area contributed by atoms with Crippen LogP contribution in [0.3, 0.4) is 0 Å². The number of hydrazine groups is 1. The Balaban J connectivity index is 2.22. The van der Waals surface area contributed by atoms with E-state index in [0.29, 0.717) is 5.41 Å². The molecule has 2 heteroatoms. The summed E-state index contributed by atoms with van der Waals surface area (Å²) in [5, 5.41) is 0. The highest BCUT2D eigenvalue weighted by Crippen LogP contribution is 2.45. The molecule has 0 saturated heterocycles. The highest BCUT2D eigenvalue weighted by Gasteiger charge is 2.35. The van der Waals surface area contributed by atoms with E-state index in [2.05, 4.69) is 43.5 Å². The highest BCUT2D eigenvalue weighted by molar-refractivity contribution is 5.27. The van der Waals surface area contributed by atoms with E-state index >= 15 is 0 Å². The number of benzene rings is 1. The van der Waals surface area contributed by atoms with Gasteiger partial charge in [-0.3, -0.25) is 11.3 Å². The second-order valence-corrected chi connectivity index (χ2v) is 6.31.